The molecule has 4 nitrogen and oxygen atoms in total. The quantitative estimate of drug-likeness (QED) is 0.931. The summed E-state index contributed by atoms with van der Waals surface area (Å²) in [6.45, 7) is 3.69. The predicted molar refractivity (Wildman–Crippen MR) is 75.1 cm³/mol. The van der Waals surface area contributed by atoms with Gasteiger partial charge in [0.2, 0.25) is 11.8 Å². The number of benzene rings is 1. The molecule has 1 aliphatic rings. The molecule has 108 valence electrons. The molecule has 1 aromatic carbocycles. The highest BCUT2D eigenvalue weighted by Gasteiger charge is 2.36. The van der Waals surface area contributed by atoms with E-state index in [-0.39, 0.29) is 35.0 Å². The first-order valence-corrected chi connectivity index (χ1v) is 6.87. The van der Waals surface area contributed by atoms with E-state index in [2.05, 4.69) is 5.32 Å². The van der Waals surface area contributed by atoms with Crippen molar-refractivity contribution in [1.29, 1.82) is 0 Å². The molecule has 0 aromatic heterocycles. The Labute approximate surface area is 121 Å². The largest absolute Gasteiger partial charge is 0.342 e. The van der Waals surface area contributed by atoms with E-state index in [4.69, 9.17) is 11.6 Å². The van der Waals surface area contributed by atoms with Gasteiger partial charge in [-0.2, -0.15) is 0 Å². The Balaban J connectivity index is 2.37. The first kappa shape index (κ1) is 14.8. The fourth-order valence-corrected chi connectivity index (χ4v) is 2.41. The number of carbonyl (C=O) groups is 2. The Morgan fingerprint density at radius 1 is 1.50 bits per heavy atom. The second-order valence-electron chi connectivity index (χ2n) is 4.95. The van der Waals surface area contributed by atoms with Crippen molar-refractivity contribution in [3.63, 3.8) is 0 Å². The lowest BCUT2D eigenvalue weighted by Gasteiger charge is -2.35. The Kier molecular flexibility index (Phi) is 4.28. The number of nitrogens with one attached hydrogen (secondary N) is 1. The third-order valence-corrected chi connectivity index (χ3v) is 3.88. The van der Waals surface area contributed by atoms with Crippen LogP contribution in [0.15, 0.2) is 18.2 Å². The molecule has 0 bridgehead atoms. The van der Waals surface area contributed by atoms with Gasteiger partial charge in [-0.3, -0.25) is 14.5 Å². The molecule has 0 spiro atoms. The van der Waals surface area contributed by atoms with Gasteiger partial charge in [0, 0.05) is 0 Å². The predicted octanol–water partition coefficient (Wildman–Crippen LogP) is 2.36. The van der Waals surface area contributed by atoms with E-state index in [1.165, 1.54) is 23.1 Å². The second kappa shape index (κ2) is 5.79. The number of hydrogen-bond acceptors (Lipinski definition) is 2. The fourth-order valence-electron chi connectivity index (χ4n) is 2.19. The van der Waals surface area contributed by atoms with Crippen molar-refractivity contribution in [2.24, 2.45) is 5.92 Å². The number of piperazine rings is 1. The molecule has 6 heteroatoms. The van der Waals surface area contributed by atoms with Crippen LogP contribution in [0.5, 0.6) is 0 Å². The summed E-state index contributed by atoms with van der Waals surface area (Å²) in [6, 6.07) is 3.17. The monoisotopic (exact) mass is 298 g/mol. The summed E-state index contributed by atoms with van der Waals surface area (Å²) in [6.07, 6.45) is 0.751. The molecule has 2 unspecified atom stereocenters. The van der Waals surface area contributed by atoms with Crippen LogP contribution in [0, 0.1) is 11.7 Å². The van der Waals surface area contributed by atoms with Crippen LogP contribution in [0.1, 0.15) is 20.3 Å². The van der Waals surface area contributed by atoms with E-state index in [0.717, 1.165) is 6.42 Å². The van der Waals surface area contributed by atoms with E-state index < -0.39 is 11.9 Å². The number of nitrogens with zero attached hydrogens (tertiary/aromatic N) is 1. The minimum Gasteiger partial charge on any atom is -0.342 e. The first-order chi connectivity index (χ1) is 9.43. The molecular formula is C14H16ClFN2O2. The lowest BCUT2D eigenvalue weighted by molar-refractivity contribution is -0.132. The minimum absolute atomic E-state index is 0.00147. The van der Waals surface area contributed by atoms with E-state index in [1.807, 2.05) is 13.8 Å². The molecule has 0 aliphatic carbocycles. The Hall–Kier alpha value is -1.62. The summed E-state index contributed by atoms with van der Waals surface area (Å²) >= 11 is 6.01. The third-order valence-electron chi connectivity index (χ3n) is 3.56. The van der Waals surface area contributed by atoms with Gasteiger partial charge in [0.25, 0.3) is 0 Å². The van der Waals surface area contributed by atoms with Gasteiger partial charge in [0.15, 0.2) is 0 Å². The molecule has 0 saturated carbocycles. The van der Waals surface area contributed by atoms with Crippen LogP contribution in [0.25, 0.3) is 0 Å². The van der Waals surface area contributed by atoms with Crippen molar-refractivity contribution >= 4 is 29.1 Å². The third kappa shape index (κ3) is 2.77. The number of rotatable bonds is 3. The van der Waals surface area contributed by atoms with Crippen LogP contribution in [0.4, 0.5) is 10.1 Å². The Morgan fingerprint density at radius 2 is 2.20 bits per heavy atom. The van der Waals surface area contributed by atoms with Crippen molar-refractivity contribution < 1.29 is 14.0 Å². The number of amides is 2. The highest BCUT2D eigenvalue weighted by atomic mass is 35.5. The lowest BCUT2D eigenvalue weighted by Crippen LogP contribution is -2.60. The summed E-state index contributed by atoms with van der Waals surface area (Å²) in [7, 11) is 0. The van der Waals surface area contributed by atoms with E-state index in [1.54, 1.807) is 0 Å². The van der Waals surface area contributed by atoms with E-state index >= 15 is 0 Å². The molecule has 1 aromatic rings. The summed E-state index contributed by atoms with van der Waals surface area (Å²) in [5, 5.41) is 2.93. The second-order valence-corrected chi connectivity index (χ2v) is 5.36. The topological polar surface area (TPSA) is 49.4 Å². The van der Waals surface area contributed by atoms with Crippen LogP contribution in [-0.2, 0) is 9.59 Å². The molecule has 1 heterocycles. The van der Waals surface area contributed by atoms with Gasteiger partial charge in [0.1, 0.15) is 18.4 Å². The van der Waals surface area contributed by atoms with Crippen molar-refractivity contribution in [3.8, 4) is 0 Å². The SMILES string of the molecule is CCC(C)C1NC(=O)CN(c2cc(F)ccc2Cl)C1=O. The van der Waals surface area contributed by atoms with Gasteiger partial charge in [-0.25, -0.2) is 4.39 Å². The molecular weight excluding hydrogens is 283 g/mol. The normalized spacial score (nSPS) is 20.8. The highest BCUT2D eigenvalue weighted by Crippen LogP contribution is 2.29. The molecule has 0 radical (unpaired) electrons. The average Bonchev–Trinajstić information content (AvgIpc) is 2.43. The molecule has 2 rings (SSSR count). The van der Waals surface area contributed by atoms with Crippen molar-refractivity contribution in [1.82, 2.24) is 5.32 Å². The lowest BCUT2D eigenvalue weighted by atomic mass is 9.96. The maximum absolute atomic E-state index is 13.4. The number of anilines is 1. The average molecular weight is 299 g/mol. The molecule has 1 aliphatic heterocycles. The smallest absolute Gasteiger partial charge is 0.250 e. The van der Waals surface area contributed by atoms with Crippen LogP contribution < -0.4 is 10.2 Å². The van der Waals surface area contributed by atoms with Gasteiger partial charge in [-0.05, 0) is 24.1 Å². The molecule has 1 fully saturated rings. The summed E-state index contributed by atoms with van der Waals surface area (Å²) in [5.41, 5.74) is 0.236. The number of halogens is 2. The van der Waals surface area contributed by atoms with Crippen LogP contribution in [0.3, 0.4) is 0 Å². The minimum atomic E-state index is -0.597. The van der Waals surface area contributed by atoms with Gasteiger partial charge < -0.3 is 5.32 Å². The Morgan fingerprint density at radius 3 is 2.85 bits per heavy atom. The maximum atomic E-state index is 13.4. The molecule has 1 N–H and O–H groups in total. The zero-order valence-corrected chi connectivity index (χ0v) is 12.1. The van der Waals surface area contributed by atoms with Crippen LogP contribution in [0.2, 0.25) is 5.02 Å². The highest BCUT2D eigenvalue weighted by molar-refractivity contribution is 6.34. The first-order valence-electron chi connectivity index (χ1n) is 6.49. The molecule has 1 saturated heterocycles. The molecule has 2 atom stereocenters. The Bertz CT molecular complexity index is 550. The fraction of sp³-hybridized carbons (Fsp3) is 0.429. The number of hydrogen-bond donors (Lipinski definition) is 1. The zero-order chi connectivity index (χ0) is 14.9. The van der Waals surface area contributed by atoms with E-state index in [0.29, 0.717) is 0 Å². The standard InChI is InChI=1S/C14H16ClFN2O2/c1-3-8(2)13-14(20)18(7-12(19)17-13)11-6-9(16)4-5-10(11)15/h4-6,8,13H,3,7H2,1-2H3,(H,17,19). The van der Waals surface area contributed by atoms with Gasteiger partial charge in [-0.1, -0.05) is 31.9 Å². The van der Waals surface area contributed by atoms with Gasteiger partial charge >= 0.3 is 0 Å². The van der Waals surface area contributed by atoms with Gasteiger partial charge in [-0.15, -0.1) is 0 Å². The van der Waals surface area contributed by atoms with Crippen LogP contribution >= 0.6 is 11.6 Å². The van der Waals surface area contributed by atoms with Crippen LogP contribution in [-0.4, -0.2) is 24.4 Å². The van der Waals surface area contributed by atoms with Crippen molar-refractivity contribution in [3.05, 3.63) is 29.0 Å². The molecule has 2 amide bonds. The summed E-state index contributed by atoms with van der Waals surface area (Å²) in [5.74, 6) is -1.02. The number of carbonyl (C=O) groups excluding carboxylic acids is 2. The molecule has 20 heavy (non-hydrogen) atoms. The maximum Gasteiger partial charge on any atom is 0.250 e. The van der Waals surface area contributed by atoms with Crippen molar-refractivity contribution in [2.75, 3.05) is 11.4 Å². The van der Waals surface area contributed by atoms with Gasteiger partial charge in [0.05, 0.1) is 10.7 Å². The summed E-state index contributed by atoms with van der Waals surface area (Å²) < 4.78 is 13.4. The summed E-state index contributed by atoms with van der Waals surface area (Å²) in [4.78, 5) is 25.5. The van der Waals surface area contributed by atoms with E-state index in [9.17, 15) is 14.0 Å². The van der Waals surface area contributed by atoms with Crippen molar-refractivity contribution in [2.45, 2.75) is 26.3 Å². The zero-order valence-electron chi connectivity index (χ0n) is 11.3.